The Balaban J connectivity index is 1.80. The molecule has 2 heterocycles. The van der Waals surface area contributed by atoms with Crippen molar-refractivity contribution in [1.29, 1.82) is 0 Å². The number of esters is 1. The molecule has 0 bridgehead atoms. The van der Waals surface area contributed by atoms with E-state index in [9.17, 15) is 18.8 Å². The topological polar surface area (TPSA) is 90.3 Å². The molecule has 0 aliphatic carbocycles. The zero-order valence-electron chi connectivity index (χ0n) is 14.4. The third kappa shape index (κ3) is 3.77. The van der Waals surface area contributed by atoms with E-state index in [0.717, 1.165) is 22.1 Å². The standard InChI is InChI=1S/C18H14FN3O4S/c1-10-3-4-11(19)9-13(10)17(24)22-7-5-14(21-22)15(23)20-16-12(6-8-27-16)18(25)26-2/h3-9H,1-2H3,(H,20,23). The van der Waals surface area contributed by atoms with Crippen LogP contribution in [-0.4, -0.2) is 34.7 Å². The predicted octanol–water partition coefficient (Wildman–Crippen LogP) is 3.12. The van der Waals surface area contributed by atoms with Crippen molar-refractivity contribution in [3.8, 4) is 0 Å². The number of benzene rings is 1. The van der Waals surface area contributed by atoms with E-state index in [1.54, 1.807) is 12.3 Å². The Morgan fingerprint density at radius 2 is 1.96 bits per heavy atom. The summed E-state index contributed by atoms with van der Waals surface area (Å²) in [5.74, 6) is -2.27. The van der Waals surface area contributed by atoms with Crippen LogP contribution in [0.25, 0.3) is 0 Å². The van der Waals surface area contributed by atoms with Gasteiger partial charge in [-0.3, -0.25) is 9.59 Å². The molecule has 1 aromatic carbocycles. The summed E-state index contributed by atoms with van der Waals surface area (Å²) in [4.78, 5) is 36.5. The summed E-state index contributed by atoms with van der Waals surface area (Å²) >= 11 is 1.15. The average molecular weight is 387 g/mol. The van der Waals surface area contributed by atoms with Crippen LogP contribution in [0.5, 0.6) is 0 Å². The minimum Gasteiger partial charge on any atom is -0.465 e. The summed E-state index contributed by atoms with van der Waals surface area (Å²) in [6.45, 7) is 1.68. The molecule has 0 saturated heterocycles. The van der Waals surface area contributed by atoms with Crippen molar-refractivity contribution in [2.45, 2.75) is 6.92 Å². The van der Waals surface area contributed by atoms with Crippen molar-refractivity contribution in [3.05, 3.63) is 70.1 Å². The smallest absolute Gasteiger partial charge is 0.340 e. The van der Waals surface area contributed by atoms with Crippen LogP contribution in [0, 0.1) is 12.7 Å². The van der Waals surface area contributed by atoms with Gasteiger partial charge in [-0.15, -0.1) is 11.3 Å². The van der Waals surface area contributed by atoms with Crippen LogP contribution in [0.2, 0.25) is 0 Å². The molecule has 9 heteroatoms. The summed E-state index contributed by atoms with van der Waals surface area (Å²) in [6.07, 6.45) is 1.32. The van der Waals surface area contributed by atoms with Crippen LogP contribution in [0.1, 0.15) is 36.8 Å². The fraction of sp³-hybridized carbons (Fsp3) is 0.111. The Kier molecular flexibility index (Phi) is 5.13. The second-order valence-corrected chi connectivity index (χ2v) is 6.44. The van der Waals surface area contributed by atoms with Gasteiger partial charge in [0.1, 0.15) is 10.8 Å². The molecule has 7 nitrogen and oxygen atoms in total. The van der Waals surface area contributed by atoms with Crippen molar-refractivity contribution < 1.29 is 23.5 Å². The summed E-state index contributed by atoms with van der Waals surface area (Å²) < 4.78 is 19.0. The van der Waals surface area contributed by atoms with Crippen LogP contribution < -0.4 is 5.32 Å². The number of nitrogens with one attached hydrogen (secondary N) is 1. The number of aromatic nitrogens is 2. The van der Waals surface area contributed by atoms with Crippen LogP contribution in [0.15, 0.2) is 41.9 Å². The fourth-order valence-electron chi connectivity index (χ4n) is 2.35. The zero-order valence-corrected chi connectivity index (χ0v) is 15.2. The normalized spacial score (nSPS) is 10.5. The second kappa shape index (κ2) is 7.50. The fourth-order valence-corrected chi connectivity index (χ4v) is 3.12. The summed E-state index contributed by atoms with van der Waals surface area (Å²) in [7, 11) is 1.24. The van der Waals surface area contributed by atoms with Gasteiger partial charge in [-0.05, 0) is 42.1 Å². The van der Waals surface area contributed by atoms with Gasteiger partial charge >= 0.3 is 5.97 Å². The van der Waals surface area contributed by atoms with Gasteiger partial charge in [0.05, 0.1) is 12.7 Å². The van der Waals surface area contributed by atoms with E-state index in [0.29, 0.717) is 10.6 Å². The van der Waals surface area contributed by atoms with Crippen molar-refractivity contribution in [1.82, 2.24) is 9.78 Å². The molecule has 27 heavy (non-hydrogen) atoms. The Morgan fingerprint density at radius 3 is 2.70 bits per heavy atom. The van der Waals surface area contributed by atoms with E-state index in [2.05, 4.69) is 15.2 Å². The number of hydrogen-bond donors (Lipinski definition) is 1. The molecule has 3 rings (SSSR count). The molecule has 1 amide bonds. The van der Waals surface area contributed by atoms with Crippen LogP contribution in [0.3, 0.4) is 0 Å². The monoisotopic (exact) mass is 387 g/mol. The number of ether oxygens (including phenoxy) is 1. The third-order valence-corrected chi connectivity index (χ3v) is 4.59. The van der Waals surface area contributed by atoms with Crippen molar-refractivity contribution in [3.63, 3.8) is 0 Å². The number of nitrogens with zero attached hydrogens (tertiary/aromatic N) is 2. The molecule has 0 saturated carbocycles. The van der Waals surface area contributed by atoms with Gasteiger partial charge < -0.3 is 10.1 Å². The first-order valence-corrected chi connectivity index (χ1v) is 8.62. The Morgan fingerprint density at radius 1 is 1.19 bits per heavy atom. The zero-order chi connectivity index (χ0) is 19.6. The minimum atomic E-state index is -0.592. The van der Waals surface area contributed by atoms with Crippen LogP contribution in [-0.2, 0) is 4.74 Å². The number of hydrogen-bond acceptors (Lipinski definition) is 6. The van der Waals surface area contributed by atoms with E-state index < -0.39 is 23.6 Å². The van der Waals surface area contributed by atoms with Crippen molar-refractivity contribution >= 4 is 34.1 Å². The number of halogens is 1. The Labute approximate surface area is 157 Å². The molecule has 3 aromatic rings. The first kappa shape index (κ1) is 18.5. The van der Waals surface area contributed by atoms with Gasteiger partial charge in [-0.2, -0.15) is 5.10 Å². The lowest BCUT2D eigenvalue weighted by atomic mass is 10.1. The average Bonchev–Trinajstić information content (AvgIpc) is 3.32. The lowest BCUT2D eigenvalue weighted by Crippen LogP contribution is -2.18. The molecule has 1 N–H and O–H groups in total. The number of anilines is 1. The molecule has 0 radical (unpaired) electrons. The van der Waals surface area contributed by atoms with E-state index in [1.165, 1.54) is 37.6 Å². The molecule has 0 aliphatic heterocycles. The molecule has 0 aliphatic rings. The largest absolute Gasteiger partial charge is 0.465 e. The van der Waals surface area contributed by atoms with E-state index in [-0.39, 0.29) is 16.8 Å². The maximum absolute atomic E-state index is 13.4. The Bertz CT molecular complexity index is 1040. The van der Waals surface area contributed by atoms with Gasteiger partial charge in [0.15, 0.2) is 5.69 Å². The highest BCUT2D eigenvalue weighted by atomic mass is 32.1. The lowest BCUT2D eigenvalue weighted by Gasteiger charge is -2.05. The van der Waals surface area contributed by atoms with Crippen LogP contribution in [0.4, 0.5) is 9.39 Å². The summed E-state index contributed by atoms with van der Waals surface area (Å²) in [6, 6.07) is 6.75. The highest BCUT2D eigenvalue weighted by Crippen LogP contribution is 2.24. The van der Waals surface area contributed by atoms with E-state index >= 15 is 0 Å². The van der Waals surface area contributed by atoms with Crippen molar-refractivity contribution in [2.75, 3.05) is 12.4 Å². The van der Waals surface area contributed by atoms with Gasteiger partial charge in [0.25, 0.3) is 11.8 Å². The van der Waals surface area contributed by atoms with Crippen LogP contribution >= 0.6 is 11.3 Å². The first-order valence-electron chi connectivity index (χ1n) is 7.74. The molecule has 0 spiro atoms. The molecule has 2 aromatic heterocycles. The first-order chi connectivity index (χ1) is 12.9. The van der Waals surface area contributed by atoms with Gasteiger partial charge in [-0.25, -0.2) is 13.9 Å². The molecular weight excluding hydrogens is 373 g/mol. The lowest BCUT2D eigenvalue weighted by molar-refractivity contribution is 0.0602. The number of aryl methyl sites for hydroxylation is 1. The van der Waals surface area contributed by atoms with E-state index in [1.807, 2.05) is 0 Å². The molecule has 138 valence electrons. The SMILES string of the molecule is COC(=O)c1ccsc1NC(=O)c1ccn(C(=O)c2cc(F)ccc2C)n1. The highest BCUT2D eigenvalue weighted by Gasteiger charge is 2.19. The van der Waals surface area contributed by atoms with Crippen molar-refractivity contribution in [2.24, 2.45) is 0 Å². The number of thiophene rings is 1. The minimum absolute atomic E-state index is 0.0263. The summed E-state index contributed by atoms with van der Waals surface area (Å²) in [5, 5.41) is 8.47. The van der Waals surface area contributed by atoms with Gasteiger partial charge in [-0.1, -0.05) is 6.07 Å². The third-order valence-electron chi connectivity index (χ3n) is 3.76. The molecule has 0 fully saturated rings. The van der Waals surface area contributed by atoms with Gasteiger partial charge in [0, 0.05) is 11.8 Å². The number of amides is 1. The Hall–Kier alpha value is -3.33. The number of carbonyl (C=O) groups is 3. The maximum Gasteiger partial charge on any atom is 0.340 e. The molecule has 0 unspecified atom stereocenters. The maximum atomic E-state index is 13.4. The second-order valence-electron chi connectivity index (χ2n) is 5.52. The van der Waals surface area contributed by atoms with E-state index in [4.69, 9.17) is 0 Å². The summed E-state index contributed by atoms with van der Waals surface area (Å²) in [5.41, 5.74) is 0.934. The number of methoxy groups -OCH3 is 1. The number of rotatable bonds is 4. The molecule has 0 atom stereocenters. The predicted molar refractivity (Wildman–Crippen MR) is 96.7 cm³/mol. The quantitative estimate of drug-likeness (QED) is 0.695. The highest BCUT2D eigenvalue weighted by molar-refractivity contribution is 7.14. The number of carbonyl (C=O) groups excluding carboxylic acids is 3. The molecular formula is C18H14FN3O4S. The van der Waals surface area contributed by atoms with Gasteiger partial charge in [0.2, 0.25) is 0 Å².